The minimum Gasteiger partial charge on any atom is -0.326 e. The summed E-state index contributed by atoms with van der Waals surface area (Å²) in [6, 6.07) is 9.80. The Bertz CT molecular complexity index is 911. The molecule has 0 saturated heterocycles. The summed E-state index contributed by atoms with van der Waals surface area (Å²) in [6.45, 7) is 6.01. The van der Waals surface area contributed by atoms with Crippen LogP contribution in [0.15, 0.2) is 30.3 Å². The third-order valence-corrected chi connectivity index (χ3v) is 4.84. The molecule has 0 aliphatic carbocycles. The number of aryl methyl sites for hydroxylation is 3. The predicted octanol–water partition coefficient (Wildman–Crippen LogP) is 4.64. The minimum atomic E-state index is 0.0445. The lowest BCUT2D eigenvalue weighted by molar-refractivity contribution is -0.116. The predicted molar refractivity (Wildman–Crippen MR) is 107 cm³/mol. The van der Waals surface area contributed by atoms with Crippen molar-refractivity contribution < 1.29 is 4.79 Å². The fraction of sp³-hybridized carbons (Fsp3) is 0.316. The molecule has 7 heteroatoms. The Hall–Kier alpha value is -2.67. The molecule has 0 radical (unpaired) electrons. The van der Waals surface area contributed by atoms with E-state index in [0.717, 1.165) is 44.9 Å². The van der Waals surface area contributed by atoms with Gasteiger partial charge in [-0.1, -0.05) is 19.1 Å². The molecule has 2 N–H and O–H groups in total. The van der Waals surface area contributed by atoms with Crippen molar-refractivity contribution in [3.63, 3.8) is 0 Å². The first-order valence-corrected chi connectivity index (χ1v) is 9.43. The van der Waals surface area contributed by atoms with Gasteiger partial charge in [-0.3, -0.25) is 9.48 Å². The third kappa shape index (κ3) is 4.11. The van der Waals surface area contributed by atoms with E-state index in [0.29, 0.717) is 6.42 Å². The maximum absolute atomic E-state index is 11.7. The second-order valence-electron chi connectivity index (χ2n) is 6.22. The molecule has 0 spiro atoms. The number of amides is 1. The summed E-state index contributed by atoms with van der Waals surface area (Å²) in [6.07, 6.45) is 1.38. The molecule has 0 aliphatic heterocycles. The standard InChI is InChI=1S/C19H23N5OS/c1-5-6-17(25)20-15-9-7-14(8-10-15)18-13(3)26-19(22-18)21-16-11-12(2)23-24(16)4/h7-11H,5-6H2,1-4H3,(H,20,25)(H,21,22). The molecule has 136 valence electrons. The Morgan fingerprint density at radius 2 is 1.96 bits per heavy atom. The van der Waals surface area contributed by atoms with Gasteiger partial charge in [0.2, 0.25) is 5.91 Å². The topological polar surface area (TPSA) is 71.8 Å². The van der Waals surface area contributed by atoms with E-state index in [9.17, 15) is 4.79 Å². The number of carbonyl (C=O) groups excluding carboxylic acids is 1. The fourth-order valence-corrected chi connectivity index (χ4v) is 3.56. The van der Waals surface area contributed by atoms with Crippen LogP contribution in [0.25, 0.3) is 11.3 Å². The second kappa shape index (κ2) is 7.70. The van der Waals surface area contributed by atoms with Crippen molar-refractivity contribution in [2.75, 3.05) is 10.6 Å². The van der Waals surface area contributed by atoms with Crippen LogP contribution in [0.2, 0.25) is 0 Å². The third-order valence-electron chi connectivity index (χ3n) is 3.95. The number of benzene rings is 1. The zero-order chi connectivity index (χ0) is 18.7. The highest BCUT2D eigenvalue weighted by Crippen LogP contribution is 2.32. The maximum atomic E-state index is 11.7. The van der Waals surface area contributed by atoms with Gasteiger partial charge in [-0.25, -0.2) is 4.98 Å². The van der Waals surface area contributed by atoms with Crippen LogP contribution >= 0.6 is 11.3 Å². The lowest BCUT2D eigenvalue weighted by Crippen LogP contribution is -2.10. The van der Waals surface area contributed by atoms with E-state index < -0.39 is 0 Å². The lowest BCUT2D eigenvalue weighted by Gasteiger charge is -2.05. The lowest BCUT2D eigenvalue weighted by atomic mass is 10.1. The van der Waals surface area contributed by atoms with Gasteiger partial charge in [-0.15, -0.1) is 11.3 Å². The van der Waals surface area contributed by atoms with Crippen molar-refractivity contribution in [1.82, 2.24) is 14.8 Å². The van der Waals surface area contributed by atoms with Crippen LogP contribution in [0.3, 0.4) is 0 Å². The highest BCUT2D eigenvalue weighted by Gasteiger charge is 2.12. The quantitative estimate of drug-likeness (QED) is 0.664. The monoisotopic (exact) mass is 369 g/mol. The Morgan fingerprint density at radius 1 is 1.23 bits per heavy atom. The summed E-state index contributed by atoms with van der Waals surface area (Å²) in [5.41, 5.74) is 3.75. The summed E-state index contributed by atoms with van der Waals surface area (Å²) < 4.78 is 1.81. The van der Waals surface area contributed by atoms with E-state index in [1.165, 1.54) is 0 Å². The summed E-state index contributed by atoms with van der Waals surface area (Å²) in [5, 5.41) is 11.4. The van der Waals surface area contributed by atoms with Gasteiger partial charge in [0, 0.05) is 35.7 Å². The van der Waals surface area contributed by atoms with Crippen LogP contribution in [0, 0.1) is 13.8 Å². The number of nitrogens with zero attached hydrogens (tertiary/aromatic N) is 3. The molecule has 6 nitrogen and oxygen atoms in total. The van der Waals surface area contributed by atoms with Gasteiger partial charge in [-0.2, -0.15) is 5.10 Å². The largest absolute Gasteiger partial charge is 0.326 e. The Labute approximate surface area is 157 Å². The van der Waals surface area contributed by atoms with Gasteiger partial charge >= 0.3 is 0 Å². The number of aromatic nitrogens is 3. The van der Waals surface area contributed by atoms with Crippen LogP contribution in [-0.2, 0) is 11.8 Å². The molecule has 0 unspecified atom stereocenters. The van der Waals surface area contributed by atoms with Crippen molar-refractivity contribution in [3.8, 4) is 11.3 Å². The molecule has 3 aromatic rings. The Kier molecular flexibility index (Phi) is 5.37. The number of hydrogen-bond acceptors (Lipinski definition) is 5. The van der Waals surface area contributed by atoms with Crippen LogP contribution < -0.4 is 10.6 Å². The SMILES string of the molecule is CCCC(=O)Nc1ccc(-c2nc(Nc3cc(C)nn3C)sc2C)cc1. The number of anilines is 3. The summed E-state index contributed by atoms with van der Waals surface area (Å²) in [7, 11) is 1.91. The van der Waals surface area contributed by atoms with E-state index >= 15 is 0 Å². The normalized spacial score (nSPS) is 10.8. The molecule has 0 fully saturated rings. The molecule has 3 rings (SSSR count). The molecule has 0 bridgehead atoms. The zero-order valence-electron chi connectivity index (χ0n) is 15.5. The van der Waals surface area contributed by atoms with Crippen molar-refractivity contribution in [2.24, 2.45) is 7.05 Å². The zero-order valence-corrected chi connectivity index (χ0v) is 16.3. The van der Waals surface area contributed by atoms with E-state index in [1.54, 1.807) is 16.0 Å². The van der Waals surface area contributed by atoms with E-state index in [-0.39, 0.29) is 5.91 Å². The molecule has 0 aliphatic rings. The Balaban J connectivity index is 1.76. The molecule has 2 heterocycles. The molecule has 0 atom stereocenters. The Morgan fingerprint density at radius 3 is 2.58 bits per heavy atom. The summed E-state index contributed by atoms with van der Waals surface area (Å²) in [4.78, 5) is 17.5. The van der Waals surface area contributed by atoms with Crippen LogP contribution in [0.5, 0.6) is 0 Å². The van der Waals surface area contributed by atoms with Crippen molar-refractivity contribution in [2.45, 2.75) is 33.6 Å². The molecule has 0 saturated carbocycles. The average Bonchev–Trinajstić information content (AvgIpc) is 3.10. The van der Waals surface area contributed by atoms with Gasteiger partial charge in [0.05, 0.1) is 11.4 Å². The number of hydrogen-bond donors (Lipinski definition) is 2. The number of rotatable bonds is 6. The highest BCUT2D eigenvalue weighted by molar-refractivity contribution is 7.16. The van der Waals surface area contributed by atoms with Gasteiger partial charge in [0.25, 0.3) is 0 Å². The van der Waals surface area contributed by atoms with Crippen LogP contribution in [0.1, 0.15) is 30.3 Å². The number of carbonyl (C=O) groups is 1. The summed E-state index contributed by atoms with van der Waals surface area (Å²) in [5.74, 6) is 0.958. The smallest absolute Gasteiger partial charge is 0.224 e. The number of thiazole rings is 1. The minimum absolute atomic E-state index is 0.0445. The molecular formula is C19H23N5OS. The molecule has 26 heavy (non-hydrogen) atoms. The molecule has 1 amide bonds. The maximum Gasteiger partial charge on any atom is 0.224 e. The van der Waals surface area contributed by atoms with E-state index in [4.69, 9.17) is 4.98 Å². The van der Waals surface area contributed by atoms with Crippen LogP contribution in [-0.4, -0.2) is 20.7 Å². The molecule has 1 aromatic carbocycles. The average molecular weight is 369 g/mol. The van der Waals surface area contributed by atoms with Crippen molar-refractivity contribution in [1.29, 1.82) is 0 Å². The van der Waals surface area contributed by atoms with Gasteiger partial charge in [0.15, 0.2) is 5.13 Å². The van der Waals surface area contributed by atoms with Crippen LogP contribution in [0.4, 0.5) is 16.6 Å². The first-order chi connectivity index (χ1) is 12.5. The molecular weight excluding hydrogens is 346 g/mol. The van der Waals surface area contributed by atoms with Crippen molar-refractivity contribution >= 4 is 33.9 Å². The van der Waals surface area contributed by atoms with Gasteiger partial charge in [0.1, 0.15) is 5.82 Å². The highest BCUT2D eigenvalue weighted by atomic mass is 32.1. The number of nitrogens with one attached hydrogen (secondary N) is 2. The van der Waals surface area contributed by atoms with E-state index in [1.807, 2.05) is 51.2 Å². The first kappa shape index (κ1) is 18.1. The second-order valence-corrected chi connectivity index (χ2v) is 7.42. The van der Waals surface area contributed by atoms with Gasteiger partial charge in [-0.05, 0) is 32.4 Å². The van der Waals surface area contributed by atoms with E-state index in [2.05, 4.69) is 22.7 Å². The van der Waals surface area contributed by atoms with Crippen molar-refractivity contribution in [3.05, 3.63) is 40.9 Å². The fourth-order valence-electron chi connectivity index (χ4n) is 2.72. The molecule has 2 aromatic heterocycles. The summed E-state index contributed by atoms with van der Waals surface area (Å²) >= 11 is 1.61. The van der Waals surface area contributed by atoms with Gasteiger partial charge < -0.3 is 10.6 Å². The first-order valence-electron chi connectivity index (χ1n) is 8.61.